The van der Waals surface area contributed by atoms with Gasteiger partial charge in [-0.1, -0.05) is 13.8 Å². The highest BCUT2D eigenvalue weighted by Crippen LogP contribution is 2.19. The van der Waals surface area contributed by atoms with Gasteiger partial charge in [-0.2, -0.15) is 0 Å². The fraction of sp³-hybridized carbons (Fsp3) is 0.615. The highest BCUT2D eigenvalue weighted by atomic mass is 16.1. The average Bonchev–Trinajstić information content (AvgIpc) is 2.13. The Morgan fingerprint density at radius 2 is 1.75 bits per heavy atom. The summed E-state index contributed by atoms with van der Waals surface area (Å²) in [6.07, 6.45) is 1.04. The van der Waals surface area contributed by atoms with Crippen molar-refractivity contribution in [1.82, 2.24) is 4.57 Å². The van der Waals surface area contributed by atoms with Gasteiger partial charge in [0.2, 0.25) is 0 Å². The van der Waals surface area contributed by atoms with Crippen molar-refractivity contribution in [2.45, 2.75) is 40.2 Å². The molecule has 0 bridgehead atoms. The van der Waals surface area contributed by atoms with Gasteiger partial charge >= 0.3 is 0 Å². The van der Waals surface area contributed by atoms with Crippen LogP contribution in [0.4, 0.5) is 0 Å². The van der Waals surface area contributed by atoms with Gasteiger partial charge in [-0.25, -0.2) is 0 Å². The number of pyridine rings is 1. The van der Waals surface area contributed by atoms with Gasteiger partial charge in [0.15, 0.2) is 5.43 Å². The molecule has 1 aromatic heterocycles. The van der Waals surface area contributed by atoms with Crippen LogP contribution >= 0.6 is 0 Å². The smallest absolute Gasteiger partial charge is 0.182 e. The summed E-state index contributed by atoms with van der Waals surface area (Å²) in [5.74, 6) is 0.603. The fourth-order valence-corrected chi connectivity index (χ4v) is 2.30. The van der Waals surface area contributed by atoms with Crippen molar-refractivity contribution in [3.63, 3.8) is 0 Å². The fourth-order valence-electron chi connectivity index (χ4n) is 2.30. The molecule has 0 fully saturated rings. The van der Waals surface area contributed by atoms with Crippen LogP contribution in [0.1, 0.15) is 37.7 Å². The summed E-state index contributed by atoms with van der Waals surface area (Å²) in [5.41, 5.74) is 7.91. The van der Waals surface area contributed by atoms with Gasteiger partial charge < -0.3 is 10.3 Å². The van der Waals surface area contributed by atoms with Crippen LogP contribution in [0.2, 0.25) is 0 Å². The van der Waals surface area contributed by atoms with Gasteiger partial charge in [0, 0.05) is 36.1 Å². The SMILES string of the molecule is Cc1cc(=O)cc(C)n1C(CN)CC(C)C. The Morgan fingerprint density at radius 3 is 2.12 bits per heavy atom. The molecule has 0 aliphatic rings. The lowest BCUT2D eigenvalue weighted by Gasteiger charge is -2.25. The maximum absolute atomic E-state index is 11.4. The molecule has 16 heavy (non-hydrogen) atoms. The van der Waals surface area contributed by atoms with Gasteiger partial charge in [-0.3, -0.25) is 4.79 Å². The van der Waals surface area contributed by atoms with Crippen LogP contribution in [0.5, 0.6) is 0 Å². The van der Waals surface area contributed by atoms with E-state index in [1.165, 1.54) is 0 Å². The Kier molecular flexibility index (Phi) is 4.30. The van der Waals surface area contributed by atoms with Crippen molar-refractivity contribution in [1.29, 1.82) is 0 Å². The van der Waals surface area contributed by atoms with E-state index in [9.17, 15) is 4.79 Å². The maximum atomic E-state index is 11.4. The molecule has 3 heteroatoms. The van der Waals surface area contributed by atoms with E-state index < -0.39 is 0 Å². The molecule has 0 radical (unpaired) electrons. The van der Waals surface area contributed by atoms with E-state index in [0.29, 0.717) is 18.5 Å². The molecule has 90 valence electrons. The van der Waals surface area contributed by atoms with E-state index in [-0.39, 0.29) is 5.43 Å². The van der Waals surface area contributed by atoms with Gasteiger partial charge in [-0.05, 0) is 26.2 Å². The predicted molar refractivity (Wildman–Crippen MR) is 67.7 cm³/mol. The normalized spacial score (nSPS) is 13.1. The molecule has 1 rings (SSSR count). The van der Waals surface area contributed by atoms with Crippen molar-refractivity contribution in [3.05, 3.63) is 33.7 Å². The van der Waals surface area contributed by atoms with E-state index in [1.54, 1.807) is 12.1 Å². The zero-order valence-corrected chi connectivity index (χ0v) is 10.7. The number of nitrogens with zero attached hydrogens (tertiary/aromatic N) is 1. The Balaban J connectivity index is 3.14. The molecular weight excluding hydrogens is 200 g/mol. The van der Waals surface area contributed by atoms with Crippen LogP contribution in [-0.4, -0.2) is 11.1 Å². The lowest BCUT2D eigenvalue weighted by Crippen LogP contribution is -2.25. The maximum Gasteiger partial charge on any atom is 0.182 e. The zero-order valence-electron chi connectivity index (χ0n) is 10.7. The van der Waals surface area contributed by atoms with Crippen molar-refractivity contribution < 1.29 is 0 Å². The number of nitrogens with two attached hydrogens (primary N) is 1. The molecule has 1 unspecified atom stereocenters. The third kappa shape index (κ3) is 2.95. The third-order valence-electron chi connectivity index (χ3n) is 2.84. The molecule has 0 aliphatic carbocycles. The van der Waals surface area contributed by atoms with Crippen LogP contribution in [0.15, 0.2) is 16.9 Å². The summed E-state index contributed by atoms with van der Waals surface area (Å²) in [6, 6.07) is 3.65. The summed E-state index contributed by atoms with van der Waals surface area (Å²) in [7, 11) is 0. The van der Waals surface area contributed by atoms with Gasteiger partial charge in [0.25, 0.3) is 0 Å². The van der Waals surface area contributed by atoms with Crippen molar-refractivity contribution >= 4 is 0 Å². The van der Waals surface area contributed by atoms with E-state index in [1.807, 2.05) is 13.8 Å². The highest BCUT2D eigenvalue weighted by Gasteiger charge is 2.14. The topological polar surface area (TPSA) is 48.0 Å². The molecule has 1 aromatic rings. The van der Waals surface area contributed by atoms with Crippen molar-refractivity contribution in [3.8, 4) is 0 Å². The minimum atomic E-state index is 0.0755. The molecule has 1 atom stereocenters. The number of hydrogen-bond acceptors (Lipinski definition) is 2. The summed E-state index contributed by atoms with van der Waals surface area (Å²) in [5, 5.41) is 0. The van der Waals surface area contributed by atoms with Gasteiger partial charge in [0.1, 0.15) is 0 Å². The van der Waals surface area contributed by atoms with Gasteiger partial charge in [-0.15, -0.1) is 0 Å². The van der Waals surface area contributed by atoms with Crippen LogP contribution in [0.25, 0.3) is 0 Å². The Morgan fingerprint density at radius 1 is 1.25 bits per heavy atom. The molecule has 0 aliphatic heterocycles. The molecule has 2 N–H and O–H groups in total. The van der Waals surface area contributed by atoms with E-state index >= 15 is 0 Å². The Bertz CT molecular complexity index is 381. The second-order valence-electron chi connectivity index (χ2n) is 4.86. The molecule has 1 heterocycles. The summed E-state index contributed by atoms with van der Waals surface area (Å²) < 4.78 is 2.18. The second-order valence-corrected chi connectivity index (χ2v) is 4.86. The minimum absolute atomic E-state index is 0.0755. The van der Waals surface area contributed by atoms with E-state index in [0.717, 1.165) is 17.8 Å². The predicted octanol–water partition coefficient (Wildman–Crippen LogP) is 2.01. The molecule has 0 saturated heterocycles. The third-order valence-corrected chi connectivity index (χ3v) is 2.84. The monoisotopic (exact) mass is 222 g/mol. The molecule has 0 spiro atoms. The number of rotatable bonds is 4. The molecular formula is C13H22N2O. The summed E-state index contributed by atoms with van der Waals surface area (Å²) in [4.78, 5) is 11.4. The lowest BCUT2D eigenvalue weighted by atomic mass is 10.0. The first-order valence-electron chi connectivity index (χ1n) is 5.85. The number of aryl methyl sites for hydroxylation is 2. The van der Waals surface area contributed by atoms with E-state index in [4.69, 9.17) is 5.73 Å². The molecule has 0 amide bonds. The molecule has 3 nitrogen and oxygen atoms in total. The average molecular weight is 222 g/mol. The molecule has 0 aromatic carbocycles. The number of aromatic nitrogens is 1. The Hall–Kier alpha value is -1.09. The summed E-state index contributed by atoms with van der Waals surface area (Å²) in [6.45, 7) is 8.93. The number of hydrogen-bond donors (Lipinski definition) is 1. The van der Waals surface area contributed by atoms with Crippen molar-refractivity contribution in [2.24, 2.45) is 11.7 Å². The first-order valence-corrected chi connectivity index (χ1v) is 5.85. The van der Waals surface area contributed by atoms with Crippen LogP contribution in [-0.2, 0) is 0 Å². The first-order chi connectivity index (χ1) is 7.45. The van der Waals surface area contributed by atoms with Crippen LogP contribution < -0.4 is 11.2 Å². The highest BCUT2D eigenvalue weighted by molar-refractivity contribution is 5.13. The summed E-state index contributed by atoms with van der Waals surface area (Å²) >= 11 is 0. The van der Waals surface area contributed by atoms with Crippen LogP contribution in [0.3, 0.4) is 0 Å². The lowest BCUT2D eigenvalue weighted by molar-refractivity contribution is 0.394. The van der Waals surface area contributed by atoms with Gasteiger partial charge in [0.05, 0.1) is 0 Å². The first kappa shape index (κ1) is 13.0. The van der Waals surface area contributed by atoms with Crippen LogP contribution in [0, 0.1) is 19.8 Å². The standard InChI is InChI=1S/C13H22N2O/c1-9(2)5-12(8-14)15-10(3)6-13(16)7-11(15)4/h6-7,9,12H,5,8,14H2,1-4H3. The largest absolute Gasteiger partial charge is 0.345 e. The van der Waals surface area contributed by atoms with E-state index in [2.05, 4.69) is 18.4 Å². The Labute approximate surface area is 97.3 Å². The molecule has 0 saturated carbocycles. The zero-order chi connectivity index (χ0) is 12.3. The quantitative estimate of drug-likeness (QED) is 0.847. The van der Waals surface area contributed by atoms with Crippen molar-refractivity contribution in [2.75, 3.05) is 6.54 Å². The minimum Gasteiger partial charge on any atom is -0.345 e. The second kappa shape index (κ2) is 5.30.